The van der Waals surface area contributed by atoms with Crippen LogP contribution in [0.25, 0.3) is 0 Å². The Morgan fingerprint density at radius 3 is 2.72 bits per heavy atom. The predicted molar refractivity (Wildman–Crippen MR) is 77.3 cm³/mol. The van der Waals surface area contributed by atoms with Gasteiger partial charge in [-0.15, -0.1) is 11.3 Å². The zero-order valence-electron chi connectivity index (χ0n) is 9.89. The van der Waals surface area contributed by atoms with E-state index in [1.165, 1.54) is 0 Å². The lowest BCUT2D eigenvalue weighted by Crippen LogP contribution is -2.15. The first-order valence-electron chi connectivity index (χ1n) is 5.59. The summed E-state index contributed by atoms with van der Waals surface area (Å²) in [5, 5.41) is 11.4. The van der Waals surface area contributed by atoms with Crippen LogP contribution in [0.5, 0.6) is 0 Å². The normalized spacial score (nSPS) is 12.3. The Labute approximate surface area is 118 Å². The smallest absolute Gasteiger partial charge is 0.311 e. The number of benzene rings is 1. The number of aryl methyl sites for hydroxylation is 1. The van der Waals surface area contributed by atoms with E-state index >= 15 is 0 Å². The molecule has 1 aromatic carbocycles. The molecule has 1 unspecified atom stereocenters. The van der Waals surface area contributed by atoms with Crippen molar-refractivity contribution < 1.29 is 9.90 Å². The third-order valence-electron chi connectivity index (χ3n) is 2.89. The minimum absolute atomic E-state index is 0.475. The molecule has 1 heterocycles. The molecule has 1 N–H and O–H groups in total. The van der Waals surface area contributed by atoms with E-state index in [1.807, 2.05) is 42.6 Å². The number of hydrogen-bond acceptors (Lipinski definition) is 2. The average molecular weight is 325 g/mol. The summed E-state index contributed by atoms with van der Waals surface area (Å²) in [6.07, 6.45) is 0.538. The summed E-state index contributed by atoms with van der Waals surface area (Å²) in [6.45, 7) is 1.95. The molecular formula is C14H13BrO2S. The van der Waals surface area contributed by atoms with E-state index in [0.29, 0.717) is 6.42 Å². The lowest BCUT2D eigenvalue weighted by molar-refractivity contribution is -0.138. The fraction of sp³-hybridized carbons (Fsp3) is 0.214. The zero-order chi connectivity index (χ0) is 13.1. The molecule has 0 fully saturated rings. The molecule has 1 aromatic heterocycles. The molecular weight excluding hydrogens is 312 g/mol. The topological polar surface area (TPSA) is 37.3 Å². The van der Waals surface area contributed by atoms with Crippen LogP contribution in [-0.4, -0.2) is 11.1 Å². The number of halogens is 1. The van der Waals surface area contributed by atoms with Gasteiger partial charge < -0.3 is 5.11 Å². The molecule has 0 aliphatic carbocycles. The molecule has 1 atom stereocenters. The largest absolute Gasteiger partial charge is 0.481 e. The summed E-state index contributed by atoms with van der Waals surface area (Å²) in [6, 6.07) is 9.66. The predicted octanol–water partition coefficient (Wildman–Crippen LogP) is 4.23. The van der Waals surface area contributed by atoms with Crippen molar-refractivity contribution >= 4 is 33.2 Å². The maximum atomic E-state index is 11.5. The Hall–Kier alpha value is -1.13. The van der Waals surface area contributed by atoms with Gasteiger partial charge in [0.2, 0.25) is 0 Å². The van der Waals surface area contributed by atoms with Crippen molar-refractivity contribution in [3.05, 3.63) is 56.2 Å². The van der Waals surface area contributed by atoms with E-state index in [4.69, 9.17) is 0 Å². The van der Waals surface area contributed by atoms with Crippen molar-refractivity contribution in [2.24, 2.45) is 0 Å². The van der Waals surface area contributed by atoms with Gasteiger partial charge in [0.15, 0.2) is 0 Å². The van der Waals surface area contributed by atoms with Crippen molar-refractivity contribution in [3.63, 3.8) is 0 Å². The Kier molecular flexibility index (Phi) is 4.19. The number of thiophene rings is 1. The maximum absolute atomic E-state index is 11.5. The lowest BCUT2D eigenvalue weighted by Gasteiger charge is -2.14. The first kappa shape index (κ1) is 13.3. The molecule has 0 radical (unpaired) electrons. The molecule has 0 aliphatic heterocycles. The minimum atomic E-state index is -0.770. The van der Waals surface area contributed by atoms with Crippen LogP contribution in [0, 0.1) is 6.92 Å². The fourth-order valence-corrected chi connectivity index (χ4v) is 3.47. The van der Waals surface area contributed by atoms with Crippen molar-refractivity contribution in [1.29, 1.82) is 0 Å². The van der Waals surface area contributed by atoms with Gasteiger partial charge in [0.1, 0.15) is 0 Å². The average Bonchev–Trinajstić information content (AvgIpc) is 2.73. The highest BCUT2D eigenvalue weighted by Gasteiger charge is 2.22. The molecule has 0 amide bonds. The molecule has 0 bridgehead atoms. The van der Waals surface area contributed by atoms with E-state index in [9.17, 15) is 9.90 Å². The highest BCUT2D eigenvalue weighted by molar-refractivity contribution is 9.10. The van der Waals surface area contributed by atoms with Gasteiger partial charge >= 0.3 is 5.97 Å². The van der Waals surface area contributed by atoms with E-state index in [0.717, 1.165) is 20.5 Å². The van der Waals surface area contributed by atoms with Crippen LogP contribution >= 0.6 is 27.3 Å². The van der Waals surface area contributed by atoms with Gasteiger partial charge in [-0.1, -0.05) is 24.3 Å². The van der Waals surface area contributed by atoms with Crippen LogP contribution in [0.1, 0.15) is 21.9 Å². The van der Waals surface area contributed by atoms with E-state index in [2.05, 4.69) is 15.9 Å². The van der Waals surface area contributed by atoms with Crippen molar-refractivity contribution in [2.45, 2.75) is 19.3 Å². The molecule has 0 saturated heterocycles. The van der Waals surface area contributed by atoms with Crippen LogP contribution in [0.2, 0.25) is 0 Å². The van der Waals surface area contributed by atoms with Crippen molar-refractivity contribution in [2.75, 3.05) is 0 Å². The van der Waals surface area contributed by atoms with Crippen LogP contribution in [0.15, 0.2) is 40.2 Å². The van der Waals surface area contributed by atoms with Crippen molar-refractivity contribution in [1.82, 2.24) is 0 Å². The van der Waals surface area contributed by atoms with Crippen LogP contribution in [0.3, 0.4) is 0 Å². The fourth-order valence-electron chi connectivity index (χ4n) is 1.97. The summed E-state index contributed by atoms with van der Waals surface area (Å²) in [5.41, 5.74) is 1.93. The second-order valence-electron chi connectivity index (χ2n) is 4.18. The molecule has 94 valence electrons. The summed E-state index contributed by atoms with van der Waals surface area (Å²) in [5.74, 6) is -1.24. The highest BCUT2D eigenvalue weighted by Crippen LogP contribution is 2.28. The highest BCUT2D eigenvalue weighted by atomic mass is 79.9. The monoisotopic (exact) mass is 324 g/mol. The molecule has 0 spiro atoms. The number of carboxylic acid groups (broad SMARTS) is 1. The number of aliphatic carboxylic acids is 1. The van der Waals surface area contributed by atoms with Gasteiger partial charge in [0.05, 0.1) is 5.92 Å². The summed E-state index contributed by atoms with van der Waals surface area (Å²) in [7, 11) is 0. The molecule has 18 heavy (non-hydrogen) atoms. The van der Waals surface area contributed by atoms with Gasteiger partial charge in [0.25, 0.3) is 0 Å². The van der Waals surface area contributed by atoms with Gasteiger partial charge in [-0.2, -0.15) is 0 Å². The first-order chi connectivity index (χ1) is 8.58. The number of carbonyl (C=O) groups is 1. The van der Waals surface area contributed by atoms with Gasteiger partial charge in [-0.3, -0.25) is 4.79 Å². The van der Waals surface area contributed by atoms with Crippen LogP contribution in [-0.2, 0) is 11.2 Å². The van der Waals surface area contributed by atoms with Crippen LogP contribution < -0.4 is 0 Å². The standard InChI is InChI=1S/C14H13BrO2S/c1-9-4-2-3-5-12(9)13(14(16)17)7-11-6-10(15)8-18-11/h2-6,8,13H,7H2,1H3,(H,16,17). The lowest BCUT2D eigenvalue weighted by atomic mass is 9.91. The Morgan fingerprint density at radius 1 is 1.44 bits per heavy atom. The van der Waals surface area contributed by atoms with Gasteiger partial charge in [-0.05, 0) is 46.5 Å². The second kappa shape index (κ2) is 5.67. The Bertz CT molecular complexity index is 562. The van der Waals surface area contributed by atoms with Gasteiger partial charge in [-0.25, -0.2) is 0 Å². The first-order valence-corrected chi connectivity index (χ1v) is 7.26. The van der Waals surface area contributed by atoms with Crippen molar-refractivity contribution in [3.8, 4) is 0 Å². The third kappa shape index (κ3) is 3.00. The summed E-state index contributed by atoms with van der Waals surface area (Å²) in [4.78, 5) is 12.5. The molecule has 0 saturated carbocycles. The summed E-state index contributed by atoms with van der Waals surface area (Å²) < 4.78 is 1.01. The number of hydrogen-bond donors (Lipinski definition) is 1. The Morgan fingerprint density at radius 2 is 2.17 bits per heavy atom. The molecule has 2 rings (SSSR count). The molecule has 4 heteroatoms. The molecule has 0 aliphatic rings. The van der Waals surface area contributed by atoms with E-state index < -0.39 is 11.9 Å². The van der Waals surface area contributed by atoms with E-state index in [1.54, 1.807) is 11.3 Å². The second-order valence-corrected chi connectivity index (χ2v) is 6.09. The zero-order valence-corrected chi connectivity index (χ0v) is 12.3. The Balaban J connectivity index is 2.30. The minimum Gasteiger partial charge on any atom is -0.481 e. The summed E-state index contributed by atoms with van der Waals surface area (Å²) >= 11 is 4.98. The molecule has 2 nitrogen and oxygen atoms in total. The molecule has 2 aromatic rings. The van der Waals surface area contributed by atoms with E-state index in [-0.39, 0.29) is 0 Å². The quantitative estimate of drug-likeness (QED) is 0.913. The third-order valence-corrected chi connectivity index (χ3v) is 4.61. The van der Waals surface area contributed by atoms with Gasteiger partial charge in [0, 0.05) is 14.7 Å². The van der Waals surface area contributed by atoms with Crippen LogP contribution in [0.4, 0.5) is 0 Å². The maximum Gasteiger partial charge on any atom is 0.311 e. The SMILES string of the molecule is Cc1ccccc1C(Cc1cc(Br)cs1)C(=O)O. The number of carboxylic acids is 1. The number of rotatable bonds is 4.